The number of H-pyrrole nitrogens is 1. The zero-order valence-corrected chi connectivity index (χ0v) is 19.8. The van der Waals surface area contributed by atoms with Gasteiger partial charge in [0.1, 0.15) is 5.56 Å². The fraction of sp³-hybridized carbons (Fsp3) is 0.240. The fourth-order valence-electron chi connectivity index (χ4n) is 3.94. The van der Waals surface area contributed by atoms with Crippen LogP contribution in [0.3, 0.4) is 0 Å². The molecule has 1 N–H and O–H groups in total. The average molecular weight is 480 g/mol. The lowest BCUT2D eigenvalue weighted by Gasteiger charge is -2.34. The van der Waals surface area contributed by atoms with Crippen molar-refractivity contribution in [1.82, 2.24) is 14.2 Å². The summed E-state index contributed by atoms with van der Waals surface area (Å²) in [5, 5.41) is 0. The van der Waals surface area contributed by atoms with Crippen LogP contribution in [-0.2, 0) is 10.0 Å². The second-order valence-corrected chi connectivity index (χ2v) is 10.2. The van der Waals surface area contributed by atoms with E-state index in [2.05, 4.69) is 4.98 Å². The van der Waals surface area contributed by atoms with Crippen molar-refractivity contribution in [3.63, 3.8) is 0 Å². The third-order valence-electron chi connectivity index (χ3n) is 5.89. The van der Waals surface area contributed by atoms with E-state index in [1.165, 1.54) is 46.5 Å². The van der Waals surface area contributed by atoms with Crippen LogP contribution in [0, 0.1) is 6.92 Å². The Kier molecular flexibility index (Phi) is 6.49. The minimum Gasteiger partial charge on any atom is -0.336 e. The maximum absolute atomic E-state index is 13.0. The Morgan fingerprint density at radius 3 is 2.18 bits per heavy atom. The summed E-state index contributed by atoms with van der Waals surface area (Å²) in [6.45, 7) is 3.94. The van der Waals surface area contributed by atoms with Gasteiger partial charge in [0.15, 0.2) is 5.78 Å². The highest BCUT2D eigenvalue weighted by atomic mass is 32.2. The lowest BCUT2D eigenvalue weighted by atomic mass is 10.1. The van der Waals surface area contributed by atoms with Crippen molar-refractivity contribution in [1.29, 1.82) is 0 Å². The lowest BCUT2D eigenvalue weighted by molar-refractivity contribution is 0.0696. The normalized spacial score (nSPS) is 14.7. The van der Waals surface area contributed by atoms with Crippen LogP contribution < -0.4 is 5.56 Å². The van der Waals surface area contributed by atoms with Gasteiger partial charge in [-0.1, -0.05) is 35.9 Å². The first kappa shape index (κ1) is 23.6. The van der Waals surface area contributed by atoms with Gasteiger partial charge in [0.05, 0.1) is 4.90 Å². The van der Waals surface area contributed by atoms with Crippen molar-refractivity contribution in [2.24, 2.45) is 0 Å². The van der Waals surface area contributed by atoms with Gasteiger partial charge in [0, 0.05) is 37.4 Å². The number of amides is 1. The summed E-state index contributed by atoms with van der Waals surface area (Å²) < 4.78 is 27.2. The van der Waals surface area contributed by atoms with Crippen LogP contribution in [0.15, 0.2) is 70.4 Å². The van der Waals surface area contributed by atoms with Gasteiger partial charge in [-0.05, 0) is 49.7 Å². The summed E-state index contributed by atoms with van der Waals surface area (Å²) in [5.74, 6) is -0.571. The van der Waals surface area contributed by atoms with Crippen LogP contribution in [0.5, 0.6) is 0 Å². The number of carbonyl (C=O) groups is 2. The van der Waals surface area contributed by atoms with E-state index >= 15 is 0 Å². The van der Waals surface area contributed by atoms with Crippen molar-refractivity contribution in [3.05, 3.63) is 87.7 Å². The number of benzene rings is 2. The third-order valence-corrected chi connectivity index (χ3v) is 7.81. The number of aromatic amines is 1. The zero-order chi connectivity index (χ0) is 24.5. The van der Waals surface area contributed by atoms with Crippen molar-refractivity contribution in [3.8, 4) is 11.3 Å². The predicted molar refractivity (Wildman–Crippen MR) is 128 cm³/mol. The van der Waals surface area contributed by atoms with Gasteiger partial charge in [0.25, 0.3) is 11.5 Å². The van der Waals surface area contributed by atoms with E-state index in [1.54, 1.807) is 6.07 Å². The number of ketones is 1. The molecule has 0 unspecified atom stereocenters. The van der Waals surface area contributed by atoms with Crippen molar-refractivity contribution >= 4 is 21.7 Å². The van der Waals surface area contributed by atoms with Gasteiger partial charge in [0.2, 0.25) is 10.0 Å². The molecule has 0 saturated carbocycles. The first-order valence-electron chi connectivity index (χ1n) is 10.9. The van der Waals surface area contributed by atoms with Gasteiger partial charge in [-0.15, -0.1) is 0 Å². The zero-order valence-electron chi connectivity index (χ0n) is 18.9. The summed E-state index contributed by atoms with van der Waals surface area (Å²) >= 11 is 0. The first-order valence-corrected chi connectivity index (χ1v) is 12.3. The summed E-state index contributed by atoms with van der Waals surface area (Å²) in [6, 6.07) is 16.7. The molecule has 8 nitrogen and oxygen atoms in total. The topological polar surface area (TPSA) is 108 Å². The van der Waals surface area contributed by atoms with Crippen LogP contribution in [0.4, 0.5) is 0 Å². The Bertz CT molecular complexity index is 1400. The number of nitrogens with one attached hydrogen (secondary N) is 1. The number of Topliss-reactive ketones (excluding diaryl/α,β-unsaturated/α-hetero) is 1. The summed E-state index contributed by atoms with van der Waals surface area (Å²) in [6.07, 6.45) is 0. The van der Waals surface area contributed by atoms with E-state index in [0.717, 1.165) is 11.1 Å². The summed E-state index contributed by atoms with van der Waals surface area (Å²) in [4.78, 5) is 41.4. The maximum atomic E-state index is 13.0. The Hall–Kier alpha value is -3.56. The number of carbonyl (C=O) groups excluding carboxylic acids is 2. The number of hydrogen-bond donors (Lipinski definition) is 1. The molecular formula is C25H25N3O5S. The Balaban J connectivity index is 1.45. The Morgan fingerprint density at radius 2 is 1.59 bits per heavy atom. The van der Waals surface area contributed by atoms with Crippen molar-refractivity contribution < 1.29 is 18.0 Å². The molecule has 1 aliphatic heterocycles. The summed E-state index contributed by atoms with van der Waals surface area (Å²) in [5.41, 5.74) is 2.51. The molecule has 176 valence electrons. The molecule has 1 amide bonds. The molecule has 0 aliphatic carbocycles. The van der Waals surface area contributed by atoms with Gasteiger partial charge < -0.3 is 9.88 Å². The average Bonchev–Trinajstić information content (AvgIpc) is 2.83. The number of aromatic nitrogens is 1. The number of aryl methyl sites for hydroxylation is 1. The van der Waals surface area contributed by atoms with E-state index in [-0.39, 0.29) is 42.4 Å². The molecule has 2 aromatic carbocycles. The van der Waals surface area contributed by atoms with Crippen molar-refractivity contribution in [2.45, 2.75) is 18.7 Å². The van der Waals surface area contributed by atoms with Gasteiger partial charge in [-0.3, -0.25) is 14.4 Å². The molecular weight excluding hydrogens is 454 g/mol. The number of nitrogens with zero attached hydrogens (tertiary/aromatic N) is 2. The van der Waals surface area contributed by atoms with Gasteiger partial charge in [-0.2, -0.15) is 4.31 Å². The number of piperazine rings is 1. The molecule has 2 heterocycles. The number of pyridine rings is 1. The molecule has 0 bridgehead atoms. The first-order chi connectivity index (χ1) is 16.2. The second-order valence-electron chi connectivity index (χ2n) is 8.26. The lowest BCUT2D eigenvalue weighted by Crippen LogP contribution is -2.51. The highest BCUT2D eigenvalue weighted by molar-refractivity contribution is 7.89. The fourth-order valence-corrected chi connectivity index (χ4v) is 5.36. The Morgan fingerprint density at radius 1 is 0.912 bits per heavy atom. The molecule has 1 aromatic heterocycles. The van der Waals surface area contributed by atoms with E-state index in [1.807, 2.05) is 31.2 Å². The third kappa shape index (κ3) is 4.71. The second kappa shape index (κ2) is 9.36. The highest BCUT2D eigenvalue weighted by Gasteiger charge is 2.31. The monoisotopic (exact) mass is 479 g/mol. The maximum Gasteiger partial charge on any atom is 0.261 e. The predicted octanol–water partition coefficient (Wildman–Crippen LogP) is 2.70. The van der Waals surface area contributed by atoms with Crippen LogP contribution >= 0.6 is 0 Å². The van der Waals surface area contributed by atoms with Crippen LogP contribution in [0.25, 0.3) is 11.3 Å². The van der Waals surface area contributed by atoms with E-state index in [0.29, 0.717) is 11.3 Å². The number of rotatable bonds is 5. The number of sulfonamides is 1. The minimum absolute atomic E-state index is 0.0209. The van der Waals surface area contributed by atoms with Gasteiger partial charge >= 0.3 is 0 Å². The van der Waals surface area contributed by atoms with Gasteiger partial charge in [-0.25, -0.2) is 8.42 Å². The highest BCUT2D eigenvalue weighted by Crippen LogP contribution is 2.20. The molecule has 3 aromatic rings. The molecule has 4 rings (SSSR count). The smallest absolute Gasteiger partial charge is 0.261 e. The van der Waals surface area contributed by atoms with Crippen LogP contribution in [-0.4, -0.2) is 60.5 Å². The SMILES string of the molecule is CC(=O)c1ccc(S(=O)(=O)N2CCN(C(=O)c3ccc(-c4cccc(C)c4)[nH]c3=O)CC2)cc1. The largest absolute Gasteiger partial charge is 0.336 e. The van der Waals surface area contributed by atoms with Crippen LogP contribution in [0.2, 0.25) is 0 Å². The van der Waals surface area contributed by atoms with E-state index < -0.39 is 21.5 Å². The quantitative estimate of drug-likeness (QED) is 0.566. The van der Waals surface area contributed by atoms with Crippen molar-refractivity contribution in [2.75, 3.05) is 26.2 Å². The Labute approximate surface area is 197 Å². The standard InChI is InChI=1S/C25H25N3O5S/c1-17-4-3-5-20(16-17)23-11-10-22(24(30)26-23)25(31)27-12-14-28(15-13-27)34(32,33)21-8-6-19(7-9-21)18(2)29/h3-11,16H,12-15H2,1-2H3,(H,26,30). The molecule has 1 saturated heterocycles. The molecule has 1 aliphatic rings. The van der Waals surface area contributed by atoms with E-state index in [9.17, 15) is 22.8 Å². The number of hydrogen-bond acceptors (Lipinski definition) is 5. The van der Waals surface area contributed by atoms with E-state index in [4.69, 9.17) is 0 Å². The molecule has 9 heteroatoms. The molecule has 0 atom stereocenters. The molecule has 0 spiro atoms. The molecule has 1 fully saturated rings. The molecule has 34 heavy (non-hydrogen) atoms. The summed E-state index contributed by atoms with van der Waals surface area (Å²) in [7, 11) is -3.75. The molecule has 0 radical (unpaired) electrons. The minimum atomic E-state index is -3.75. The van der Waals surface area contributed by atoms with Crippen LogP contribution in [0.1, 0.15) is 33.2 Å².